The van der Waals surface area contributed by atoms with Gasteiger partial charge in [0.2, 0.25) is 0 Å². The average Bonchev–Trinajstić information content (AvgIpc) is 2.74. The third-order valence-corrected chi connectivity index (χ3v) is 4.95. The van der Waals surface area contributed by atoms with Crippen LogP contribution in [0.5, 0.6) is 5.75 Å². The lowest BCUT2D eigenvalue weighted by Crippen LogP contribution is -2.43. The minimum atomic E-state index is -0.634. The summed E-state index contributed by atoms with van der Waals surface area (Å²) in [5.41, 5.74) is 3.16. The summed E-state index contributed by atoms with van der Waals surface area (Å²) in [7, 11) is 9.49. The van der Waals surface area contributed by atoms with E-state index in [9.17, 15) is 9.59 Å². The van der Waals surface area contributed by atoms with Crippen molar-refractivity contribution in [1.82, 2.24) is 15.5 Å². The molecular formula is C23H32N4O3. The molecule has 0 aliphatic carbocycles. The number of amides is 2. The molecule has 2 aromatic carbocycles. The first-order chi connectivity index (χ1) is 14.3. The third-order valence-electron chi connectivity index (χ3n) is 4.95. The summed E-state index contributed by atoms with van der Waals surface area (Å²) >= 11 is 0. The number of carbonyl (C=O) groups excluding carboxylic acids is 2. The number of para-hydroxylation sites is 1. The Balaban J connectivity index is 1.86. The molecule has 0 aromatic heterocycles. The molecule has 2 amide bonds. The number of carbonyl (C=O) groups is 2. The van der Waals surface area contributed by atoms with E-state index in [1.54, 1.807) is 7.11 Å². The first kappa shape index (κ1) is 23.2. The standard InChI is InChI=1S/C23H32N4O3/c1-26(2)19-12-10-17(11-13-19)20(27(3)4)16-25-23(29)22(28)24-15-14-18-8-6-7-9-21(18)30-5/h6-13,20H,14-16H2,1-5H3,(H,24,28)(H,25,29)/t20-/m1/s1. The van der Waals surface area contributed by atoms with Crippen LogP contribution in [0.1, 0.15) is 17.2 Å². The number of methoxy groups -OCH3 is 1. The van der Waals surface area contributed by atoms with E-state index in [-0.39, 0.29) is 6.04 Å². The molecule has 2 N–H and O–H groups in total. The van der Waals surface area contributed by atoms with Crippen LogP contribution in [0, 0.1) is 0 Å². The Hall–Kier alpha value is -3.06. The predicted octanol–water partition coefficient (Wildman–Crippen LogP) is 1.84. The van der Waals surface area contributed by atoms with E-state index in [1.807, 2.05) is 86.5 Å². The molecule has 162 valence electrons. The lowest BCUT2D eigenvalue weighted by atomic mass is 10.1. The zero-order chi connectivity index (χ0) is 22.1. The van der Waals surface area contributed by atoms with Crippen LogP contribution in [0.4, 0.5) is 5.69 Å². The van der Waals surface area contributed by atoms with Gasteiger partial charge in [-0.2, -0.15) is 0 Å². The molecule has 1 atom stereocenters. The van der Waals surface area contributed by atoms with Crippen molar-refractivity contribution >= 4 is 17.5 Å². The van der Waals surface area contributed by atoms with Crippen molar-refractivity contribution in [2.24, 2.45) is 0 Å². The summed E-state index contributed by atoms with van der Waals surface area (Å²) in [6.07, 6.45) is 0.585. The Bertz CT molecular complexity index is 835. The number of hydrogen-bond donors (Lipinski definition) is 2. The maximum Gasteiger partial charge on any atom is 0.309 e. The molecule has 0 bridgehead atoms. The monoisotopic (exact) mass is 412 g/mol. The van der Waals surface area contributed by atoms with Gasteiger partial charge in [-0.05, 0) is 49.8 Å². The fraction of sp³-hybridized carbons (Fsp3) is 0.391. The summed E-state index contributed by atoms with van der Waals surface area (Å²) in [5, 5.41) is 5.41. The Kier molecular flexibility index (Phi) is 8.68. The predicted molar refractivity (Wildman–Crippen MR) is 120 cm³/mol. The number of nitrogens with one attached hydrogen (secondary N) is 2. The highest BCUT2D eigenvalue weighted by Gasteiger charge is 2.19. The Morgan fingerprint density at radius 2 is 1.57 bits per heavy atom. The van der Waals surface area contributed by atoms with E-state index < -0.39 is 11.8 Å². The van der Waals surface area contributed by atoms with Crippen molar-refractivity contribution in [3.8, 4) is 5.75 Å². The second-order valence-electron chi connectivity index (χ2n) is 7.49. The van der Waals surface area contributed by atoms with Gasteiger partial charge in [0.1, 0.15) is 5.75 Å². The SMILES string of the molecule is COc1ccccc1CCNC(=O)C(=O)NC[C@H](c1ccc(N(C)C)cc1)N(C)C. The summed E-state index contributed by atoms with van der Waals surface area (Å²) < 4.78 is 5.30. The molecule has 0 heterocycles. The number of likely N-dealkylation sites (N-methyl/N-ethyl adjacent to an activating group) is 1. The van der Waals surface area contributed by atoms with Crippen LogP contribution < -0.4 is 20.3 Å². The Morgan fingerprint density at radius 3 is 2.17 bits per heavy atom. The summed E-state index contributed by atoms with van der Waals surface area (Å²) in [4.78, 5) is 28.4. The maximum absolute atomic E-state index is 12.2. The highest BCUT2D eigenvalue weighted by Crippen LogP contribution is 2.21. The Labute approximate surface area is 179 Å². The van der Waals surface area contributed by atoms with E-state index in [2.05, 4.69) is 10.6 Å². The zero-order valence-electron chi connectivity index (χ0n) is 18.4. The normalized spacial score (nSPS) is 11.7. The third kappa shape index (κ3) is 6.49. The molecule has 2 rings (SSSR count). The number of nitrogens with zero attached hydrogens (tertiary/aromatic N) is 2. The van der Waals surface area contributed by atoms with E-state index in [0.717, 1.165) is 22.6 Å². The molecule has 0 spiro atoms. The van der Waals surface area contributed by atoms with E-state index in [1.165, 1.54) is 0 Å². The van der Waals surface area contributed by atoms with Gasteiger partial charge >= 0.3 is 11.8 Å². The topological polar surface area (TPSA) is 73.9 Å². The van der Waals surface area contributed by atoms with Crippen molar-refractivity contribution in [2.45, 2.75) is 12.5 Å². The maximum atomic E-state index is 12.2. The van der Waals surface area contributed by atoms with Crippen LogP contribution in [0.2, 0.25) is 0 Å². The van der Waals surface area contributed by atoms with Crippen LogP contribution in [0.25, 0.3) is 0 Å². The van der Waals surface area contributed by atoms with Gasteiger partial charge in [-0.1, -0.05) is 30.3 Å². The van der Waals surface area contributed by atoms with Crippen LogP contribution >= 0.6 is 0 Å². The number of ether oxygens (including phenoxy) is 1. The van der Waals surface area contributed by atoms with Crippen molar-refractivity contribution in [1.29, 1.82) is 0 Å². The quantitative estimate of drug-likeness (QED) is 0.615. The van der Waals surface area contributed by atoms with Gasteiger partial charge in [-0.25, -0.2) is 0 Å². The second-order valence-corrected chi connectivity index (χ2v) is 7.49. The number of rotatable bonds is 9. The molecular weight excluding hydrogens is 380 g/mol. The zero-order valence-corrected chi connectivity index (χ0v) is 18.4. The van der Waals surface area contributed by atoms with Crippen LogP contribution in [0.3, 0.4) is 0 Å². The summed E-state index contributed by atoms with van der Waals surface area (Å²) in [5.74, 6) is -0.498. The van der Waals surface area contributed by atoms with Crippen molar-refractivity contribution in [3.63, 3.8) is 0 Å². The highest BCUT2D eigenvalue weighted by molar-refractivity contribution is 6.35. The lowest BCUT2D eigenvalue weighted by Gasteiger charge is -2.25. The fourth-order valence-electron chi connectivity index (χ4n) is 3.16. The smallest absolute Gasteiger partial charge is 0.309 e. The van der Waals surface area contributed by atoms with Gasteiger partial charge in [0, 0.05) is 32.9 Å². The van der Waals surface area contributed by atoms with Gasteiger partial charge in [0.25, 0.3) is 0 Å². The van der Waals surface area contributed by atoms with Crippen LogP contribution in [0.15, 0.2) is 48.5 Å². The van der Waals surface area contributed by atoms with E-state index >= 15 is 0 Å². The Morgan fingerprint density at radius 1 is 0.933 bits per heavy atom. The van der Waals surface area contributed by atoms with Gasteiger partial charge in [-0.15, -0.1) is 0 Å². The molecule has 7 heteroatoms. The first-order valence-electron chi connectivity index (χ1n) is 9.95. The van der Waals surface area contributed by atoms with Crippen molar-refractivity contribution < 1.29 is 14.3 Å². The summed E-state index contributed by atoms with van der Waals surface area (Å²) in [6.45, 7) is 0.697. The molecule has 2 aromatic rings. The molecule has 0 fully saturated rings. The van der Waals surface area contributed by atoms with Gasteiger partial charge < -0.3 is 25.2 Å². The van der Waals surface area contributed by atoms with E-state index in [4.69, 9.17) is 4.74 Å². The molecule has 0 aliphatic heterocycles. The second kappa shape index (κ2) is 11.2. The number of benzene rings is 2. The average molecular weight is 413 g/mol. The molecule has 0 saturated carbocycles. The molecule has 0 radical (unpaired) electrons. The summed E-state index contributed by atoms with van der Waals surface area (Å²) in [6, 6.07) is 15.7. The van der Waals surface area contributed by atoms with Crippen molar-refractivity contribution in [3.05, 3.63) is 59.7 Å². The minimum Gasteiger partial charge on any atom is -0.496 e. The van der Waals surface area contributed by atoms with Crippen molar-refractivity contribution in [2.75, 3.05) is 53.3 Å². The number of anilines is 1. The fourth-order valence-corrected chi connectivity index (χ4v) is 3.16. The molecule has 0 aliphatic rings. The number of hydrogen-bond acceptors (Lipinski definition) is 5. The first-order valence-corrected chi connectivity index (χ1v) is 9.95. The van der Waals surface area contributed by atoms with Gasteiger partial charge in [0.15, 0.2) is 0 Å². The van der Waals surface area contributed by atoms with Gasteiger partial charge in [0.05, 0.1) is 13.2 Å². The lowest BCUT2D eigenvalue weighted by molar-refractivity contribution is -0.139. The molecule has 0 saturated heterocycles. The molecule has 7 nitrogen and oxygen atoms in total. The van der Waals surface area contributed by atoms with Gasteiger partial charge in [-0.3, -0.25) is 9.59 Å². The highest BCUT2D eigenvalue weighted by atomic mass is 16.5. The van der Waals surface area contributed by atoms with Crippen LogP contribution in [-0.2, 0) is 16.0 Å². The molecule has 0 unspecified atom stereocenters. The minimum absolute atomic E-state index is 0.0356. The van der Waals surface area contributed by atoms with E-state index in [0.29, 0.717) is 19.5 Å². The van der Waals surface area contributed by atoms with Crippen LogP contribution in [-0.4, -0.2) is 65.1 Å². The largest absolute Gasteiger partial charge is 0.496 e. The molecule has 30 heavy (non-hydrogen) atoms.